The summed E-state index contributed by atoms with van der Waals surface area (Å²) >= 11 is 1.64. The number of hydrogen-bond donors (Lipinski definition) is 2. The van der Waals surface area contributed by atoms with Crippen LogP contribution in [0.3, 0.4) is 0 Å². The van der Waals surface area contributed by atoms with Crippen molar-refractivity contribution in [3.8, 4) is 11.1 Å². The average Bonchev–Trinajstić information content (AvgIpc) is 3.33. The molecule has 4 aromatic rings. The molecule has 1 aliphatic carbocycles. The molecule has 0 radical (unpaired) electrons. The zero-order chi connectivity index (χ0) is 22.9. The summed E-state index contributed by atoms with van der Waals surface area (Å²) in [4.78, 5) is 8.56. The first-order valence-electron chi connectivity index (χ1n) is 11.8. The van der Waals surface area contributed by atoms with Crippen LogP contribution in [-0.4, -0.2) is 52.7 Å². The van der Waals surface area contributed by atoms with E-state index in [1.807, 2.05) is 24.0 Å². The van der Waals surface area contributed by atoms with Gasteiger partial charge in [-0.15, -0.1) is 0 Å². The van der Waals surface area contributed by atoms with Gasteiger partial charge in [0.1, 0.15) is 0 Å². The standard InChI is InChI=1S/C27H28N6S/c1-28-34-26-11-10-23(22-4-2-3-5-24(22)26)25-17-31-33-18-20(16-30-27(25)33)19-6-8-21(9-7-19)32-14-12-29-13-15-32/h2-6,8-11,16-19,28-29H,7,12-15H2,1H3. The zero-order valence-electron chi connectivity index (χ0n) is 19.2. The molecule has 1 aliphatic heterocycles. The second-order valence-electron chi connectivity index (χ2n) is 8.74. The first kappa shape index (κ1) is 21.4. The average molecular weight is 469 g/mol. The number of nitrogens with zero attached hydrogens (tertiary/aromatic N) is 4. The number of nitrogens with one attached hydrogen (secondary N) is 2. The Kier molecular flexibility index (Phi) is 5.83. The highest BCUT2D eigenvalue weighted by atomic mass is 32.2. The predicted molar refractivity (Wildman–Crippen MR) is 140 cm³/mol. The maximum atomic E-state index is 4.88. The Hall–Kier alpha value is -3.13. The molecule has 1 atom stereocenters. The fourth-order valence-electron chi connectivity index (χ4n) is 4.99. The summed E-state index contributed by atoms with van der Waals surface area (Å²) in [5, 5.41) is 10.6. The Balaban J connectivity index is 1.30. The molecule has 34 heavy (non-hydrogen) atoms. The highest BCUT2D eigenvalue weighted by Crippen LogP contribution is 2.36. The zero-order valence-corrected chi connectivity index (χ0v) is 20.1. The maximum Gasteiger partial charge on any atom is 0.162 e. The van der Waals surface area contributed by atoms with E-state index in [1.54, 1.807) is 11.9 Å². The number of hydrogen-bond acceptors (Lipinski definition) is 6. The normalized spacial score (nSPS) is 18.6. The lowest BCUT2D eigenvalue weighted by Gasteiger charge is -2.32. The van der Waals surface area contributed by atoms with Crippen LogP contribution in [0.25, 0.3) is 27.5 Å². The molecule has 3 heterocycles. The van der Waals surface area contributed by atoms with Crippen molar-refractivity contribution in [2.45, 2.75) is 17.2 Å². The second kappa shape index (κ2) is 9.25. The maximum absolute atomic E-state index is 4.88. The minimum absolute atomic E-state index is 0.329. The Morgan fingerprint density at radius 2 is 1.88 bits per heavy atom. The molecule has 2 N–H and O–H groups in total. The van der Waals surface area contributed by atoms with Gasteiger partial charge in [0.05, 0.1) is 6.20 Å². The second-order valence-corrected chi connectivity index (χ2v) is 9.80. The third kappa shape index (κ3) is 3.90. The largest absolute Gasteiger partial charge is 0.369 e. The predicted octanol–water partition coefficient (Wildman–Crippen LogP) is 4.61. The summed E-state index contributed by atoms with van der Waals surface area (Å²) in [5.74, 6) is 0.329. The molecule has 172 valence electrons. The summed E-state index contributed by atoms with van der Waals surface area (Å²) in [6.45, 7) is 4.27. The third-order valence-corrected chi connectivity index (χ3v) is 7.53. The van der Waals surface area contributed by atoms with Gasteiger partial charge in [-0.25, -0.2) is 9.50 Å². The van der Waals surface area contributed by atoms with E-state index in [-0.39, 0.29) is 0 Å². The molecule has 2 aromatic carbocycles. The van der Waals surface area contributed by atoms with Gasteiger partial charge in [-0.2, -0.15) is 5.10 Å². The van der Waals surface area contributed by atoms with Gasteiger partial charge in [0.2, 0.25) is 0 Å². The molecule has 7 heteroatoms. The lowest BCUT2D eigenvalue weighted by molar-refractivity contribution is 0.305. The van der Waals surface area contributed by atoms with Crippen molar-refractivity contribution in [2.75, 3.05) is 33.2 Å². The van der Waals surface area contributed by atoms with Gasteiger partial charge < -0.3 is 10.2 Å². The van der Waals surface area contributed by atoms with Crippen molar-refractivity contribution in [1.29, 1.82) is 0 Å². The molecule has 6 nitrogen and oxygen atoms in total. The van der Waals surface area contributed by atoms with E-state index in [0.717, 1.165) is 49.4 Å². The minimum Gasteiger partial charge on any atom is -0.369 e. The molecule has 0 bridgehead atoms. The smallest absolute Gasteiger partial charge is 0.162 e. The van der Waals surface area contributed by atoms with Crippen LogP contribution in [0.5, 0.6) is 0 Å². The Bertz CT molecular complexity index is 1400. The molecule has 2 aromatic heterocycles. The van der Waals surface area contributed by atoms with Gasteiger partial charge in [0.15, 0.2) is 5.65 Å². The minimum atomic E-state index is 0.329. The van der Waals surface area contributed by atoms with Gasteiger partial charge in [-0.3, -0.25) is 4.72 Å². The molecule has 1 fully saturated rings. The molecule has 1 saturated heterocycles. The van der Waals surface area contributed by atoms with Crippen LogP contribution in [0.15, 0.2) is 83.8 Å². The van der Waals surface area contributed by atoms with Gasteiger partial charge in [0, 0.05) is 60.6 Å². The lowest BCUT2D eigenvalue weighted by atomic mass is 9.93. The van der Waals surface area contributed by atoms with Crippen LogP contribution >= 0.6 is 11.9 Å². The molecule has 0 amide bonds. The molecular formula is C27H28N6S. The molecule has 0 spiro atoms. The van der Waals surface area contributed by atoms with Crippen molar-refractivity contribution in [3.05, 3.63) is 84.5 Å². The van der Waals surface area contributed by atoms with Crippen LogP contribution in [0.4, 0.5) is 0 Å². The van der Waals surface area contributed by atoms with E-state index in [1.165, 1.54) is 26.9 Å². The Morgan fingerprint density at radius 3 is 2.68 bits per heavy atom. The molecule has 2 aliphatic rings. The number of benzene rings is 2. The van der Waals surface area contributed by atoms with E-state index in [0.29, 0.717) is 5.92 Å². The molecule has 0 saturated carbocycles. The van der Waals surface area contributed by atoms with Gasteiger partial charge in [0.25, 0.3) is 0 Å². The van der Waals surface area contributed by atoms with E-state index in [9.17, 15) is 0 Å². The van der Waals surface area contributed by atoms with Gasteiger partial charge in [-0.05, 0) is 59.5 Å². The first-order valence-corrected chi connectivity index (χ1v) is 12.7. The highest BCUT2D eigenvalue weighted by Gasteiger charge is 2.19. The number of fused-ring (bicyclic) bond motifs is 2. The molecule has 6 rings (SSSR count). The fraction of sp³-hybridized carbons (Fsp3) is 0.259. The Labute approximate surface area is 203 Å². The van der Waals surface area contributed by atoms with Crippen molar-refractivity contribution in [1.82, 2.24) is 29.5 Å². The van der Waals surface area contributed by atoms with Crippen LogP contribution in [0, 0.1) is 0 Å². The van der Waals surface area contributed by atoms with E-state index < -0.39 is 0 Å². The van der Waals surface area contributed by atoms with E-state index in [4.69, 9.17) is 4.98 Å². The quantitative estimate of drug-likeness (QED) is 0.417. The summed E-state index contributed by atoms with van der Waals surface area (Å²) in [7, 11) is 1.95. The van der Waals surface area contributed by atoms with Gasteiger partial charge >= 0.3 is 0 Å². The summed E-state index contributed by atoms with van der Waals surface area (Å²) < 4.78 is 5.12. The SMILES string of the molecule is CNSc1ccc(-c2cnn3cc(C4C=CC(N5CCNCC5)=CC4)cnc23)c2ccccc12. The number of piperazine rings is 1. The number of aromatic nitrogens is 3. The highest BCUT2D eigenvalue weighted by molar-refractivity contribution is 7.97. The van der Waals surface area contributed by atoms with Crippen LogP contribution < -0.4 is 10.0 Å². The molecule has 1 unspecified atom stereocenters. The van der Waals surface area contributed by atoms with Gasteiger partial charge in [-0.1, -0.05) is 42.5 Å². The number of allylic oxidation sites excluding steroid dienone is 3. The summed E-state index contributed by atoms with van der Waals surface area (Å²) in [5.41, 5.74) is 5.65. The van der Waals surface area contributed by atoms with Crippen molar-refractivity contribution >= 4 is 28.4 Å². The van der Waals surface area contributed by atoms with Crippen LogP contribution in [0.1, 0.15) is 17.9 Å². The fourth-order valence-corrected chi connectivity index (χ4v) is 5.63. The first-order chi connectivity index (χ1) is 16.8. The Morgan fingerprint density at radius 1 is 1.03 bits per heavy atom. The van der Waals surface area contributed by atoms with Crippen LogP contribution in [-0.2, 0) is 0 Å². The van der Waals surface area contributed by atoms with E-state index >= 15 is 0 Å². The summed E-state index contributed by atoms with van der Waals surface area (Å²) in [6.07, 6.45) is 14.0. The summed E-state index contributed by atoms with van der Waals surface area (Å²) in [6, 6.07) is 12.9. The van der Waals surface area contributed by atoms with Crippen molar-refractivity contribution in [2.24, 2.45) is 0 Å². The topological polar surface area (TPSA) is 57.5 Å². The van der Waals surface area contributed by atoms with Crippen LogP contribution in [0.2, 0.25) is 0 Å². The monoisotopic (exact) mass is 468 g/mol. The van der Waals surface area contributed by atoms with E-state index in [2.05, 4.69) is 80.9 Å². The molecular weight excluding hydrogens is 440 g/mol. The number of rotatable bonds is 5. The third-order valence-electron chi connectivity index (χ3n) is 6.75. The van der Waals surface area contributed by atoms with Crippen molar-refractivity contribution in [3.63, 3.8) is 0 Å². The van der Waals surface area contributed by atoms with Crippen molar-refractivity contribution < 1.29 is 0 Å². The lowest BCUT2D eigenvalue weighted by Crippen LogP contribution is -2.42.